The minimum atomic E-state index is 0.480. The van der Waals surface area contributed by atoms with E-state index in [1.54, 1.807) is 6.07 Å². The van der Waals surface area contributed by atoms with E-state index in [0.29, 0.717) is 17.9 Å². The molecule has 2 aromatic carbocycles. The van der Waals surface area contributed by atoms with E-state index >= 15 is 0 Å². The van der Waals surface area contributed by atoms with E-state index in [2.05, 4.69) is 32.0 Å². The minimum absolute atomic E-state index is 0.480. The molecule has 0 aliphatic carbocycles. The number of carbonyl (C=O) groups is 1. The fourth-order valence-electron chi connectivity index (χ4n) is 2.02. The highest BCUT2D eigenvalue weighted by Crippen LogP contribution is 2.18. The molecule has 92 valence electrons. The topological polar surface area (TPSA) is 26.3 Å². The monoisotopic (exact) mass is 240 g/mol. The zero-order valence-electron chi connectivity index (χ0n) is 10.6. The molecule has 0 heterocycles. The Morgan fingerprint density at radius 3 is 2.39 bits per heavy atom. The number of rotatable bonds is 4. The standard InChI is InChI=1S/C16H16O2/c1-12-7-13(2)9-14(8-12)11-18-16-6-4-3-5-15(16)10-17/h3-10H,11H2,1-2H3. The number of carbonyl (C=O) groups excluding carboxylic acids is 1. The molecule has 2 aromatic rings. The van der Waals surface area contributed by atoms with E-state index in [-0.39, 0.29) is 0 Å². The summed E-state index contributed by atoms with van der Waals surface area (Å²) >= 11 is 0. The first kappa shape index (κ1) is 12.4. The van der Waals surface area contributed by atoms with Crippen LogP contribution in [0.3, 0.4) is 0 Å². The van der Waals surface area contributed by atoms with Crippen LogP contribution in [0.4, 0.5) is 0 Å². The van der Waals surface area contributed by atoms with Crippen LogP contribution in [-0.4, -0.2) is 6.29 Å². The van der Waals surface area contributed by atoms with Gasteiger partial charge in [-0.3, -0.25) is 4.79 Å². The van der Waals surface area contributed by atoms with Gasteiger partial charge in [-0.2, -0.15) is 0 Å². The van der Waals surface area contributed by atoms with Crippen LogP contribution in [0.15, 0.2) is 42.5 Å². The third-order valence-electron chi connectivity index (χ3n) is 2.72. The number of ether oxygens (including phenoxy) is 1. The molecule has 18 heavy (non-hydrogen) atoms. The smallest absolute Gasteiger partial charge is 0.153 e. The average Bonchev–Trinajstić information content (AvgIpc) is 2.35. The summed E-state index contributed by atoms with van der Waals surface area (Å²) in [6.07, 6.45) is 0.816. The molecular formula is C16H16O2. The number of aldehydes is 1. The Labute approximate surface area is 107 Å². The first-order valence-corrected chi connectivity index (χ1v) is 5.93. The summed E-state index contributed by atoms with van der Waals surface area (Å²) in [6.45, 7) is 4.61. The highest BCUT2D eigenvalue weighted by atomic mass is 16.5. The molecule has 0 fully saturated rings. The van der Waals surface area contributed by atoms with Crippen molar-refractivity contribution in [3.63, 3.8) is 0 Å². The van der Waals surface area contributed by atoms with Gasteiger partial charge in [0.2, 0.25) is 0 Å². The second kappa shape index (κ2) is 5.50. The molecular weight excluding hydrogens is 224 g/mol. The van der Waals surface area contributed by atoms with Gasteiger partial charge in [0.1, 0.15) is 12.4 Å². The van der Waals surface area contributed by atoms with Gasteiger partial charge < -0.3 is 4.74 Å². The molecule has 2 nitrogen and oxygen atoms in total. The molecule has 2 heteroatoms. The Morgan fingerprint density at radius 1 is 1.06 bits per heavy atom. The van der Waals surface area contributed by atoms with Gasteiger partial charge in [0, 0.05) is 0 Å². The van der Waals surface area contributed by atoms with Gasteiger partial charge in [-0.25, -0.2) is 0 Å². The van der Waals surface area contributed by atoms with Crippen molar-refractivity contribution < 1.29 is 9.53 Å². The number of hydrogen-bond donors (Lipinski definition) is 0. The predicted octanol–water partition coefficient (Wildman–Crippen LogP) is 3.69. The molecule has 0 amide bonds. The number of benzene rings is 2. The Morgan fingerprint density at radius 2 is 1.72 bits per heavy atom. The van der Waals surface area contributed by atoms with Gasteiger partial charge in [0.15, 0.2) is 6.29 Å². The maximum absolute atomic E-state index is 10.9. The van der Waals surface area contributed by atoms with Gasteiger partial charge in [0.25, 0.3) is 0 Å². The van der Waals surface area contributed by atoms with Gasteiger partial charge in [-0.05, 0) is 31.5 Å². The third kappa shape index (κ3) is 2.98. The van der Waals surface area contributed by atoms with Crippen LogP contribution in [0.1, 0.15) is 27.0 Å². The van der Waals surface area contributed by atoms with E-state index in [4.69, 9.17) is 4.74 Å². The molecule has 0 aliphatic heterocycles. The van der Waals surface area contributed by atoms with E-state index in [1.165, 1.54) is 11.1 Å². The van der Waals surface area contributed by atoms with Crippen molar-refractivity contribution in [1.82, 2.24) is 0 Å². The van der Waals surface area contributed by atoms with Crippen LogP contribution in [0, 0.1) is 13.8 Å². The third-order valence-corrected chi connectivity index (χ3v) is 2.72. The molecule has 0 spiro atoms. The molecule has 0 radical (unpaired) electrons. The van der Waals surface area contributed by atoms with Crippen molar-refractivity contribution in [1.29, 1.82) is 0 Å². The Hall–Kier alpha value is -2.09. The lowest BCUT2D eigenvalue weighted by Gasteiger charge is -2.09. The van der Waals surface area contributed by atoms with E-state index in [1.807, 2.05) is 18.2 Å². The maximum atomic E-state index is 10.9. The molecule has 0 aliphatic rings. The highest BCUT2D eigenvalue weighted by molar-refractivity contribution is 5.79. The van der Waals surface area contributed by atoms with Gasteiger partial charge in [0.05, 0.1) is 5.56 Å². The number of para-hydroxylation sites is 1. The highest BCUT2D eigenvalue weighted by Gasteiger charge is 2.02. The van der Waals surface area contributed by atoms with Crippen LogP contribution < -0.4 is 4.74 Å². The minimum Gasteiger partial charge on any atom is -0.488 e. The molecule has 0 saturated carbocycles. The summed E-state index contributed by atoms with van der Waals surface area (Å²) in [5, 5.41) is 0. The second-order valence-corrected chi connectivity index (χ2v) is 4.44. The predicted molar refractivity (Wildman–Crippen MR) is 72.1 cm³/mol. The molecule has 0 aromatic heterocycles. The number of hydrogen-bond acceptors (Lipinski definition) is 2. The molecule has 0 atom stereocenters. The van der Waals surface area contributed by atoms with Gasteiger partial charge in [-0.15, -0.1) is 0 Å². The quantitative estimate of drug-likeness (QED) is 0.762. The summed E-state index contributed by atoms with van der Waals surface area (Å²) in [6, 6.07) is 13.6. The van der Waals surface area contributed by atoms with Gasteiger partial charge >= 0.3 is 0 Å². The Kier molecular flexibility index (Phi) is 3.78. The summed E-state index contributed by atoms with van der Waals surface area (Å²) in [4.78, 5) is 10.9. The molecule has 0 saturated heterocycles. The van der Waals surface area contributed by atoms with Crippen molar-refractivity contribution in [2.75, 3.05) is 0 Å². The van der Waals surface area contributed by atoms with Crippen molar-refractivity contribution in [3.05, 3.63) is 64.7 Å². The van der Waals surface area contributed by atoms with Crippen molar-refractivity contribution in [3.8, 4) is 5.75 Å². The number of aryl methyl sites for hydroxylation is 2. The van der Waals surface area contributed by atoms with Crippen molar-refractivity contribution in [2.45, 2.75) is 20.5 Å². The molecule has 0 unspecified atom stereocenters. The average molecular weight is 240 g/mol. The van der Waals surface area contributed by atoms with Crippen molar-refractivity contribution in [2.24, 2.45) is 0 Å². The molecule has 2 rings (SSSR count). The van der Waals surface area contributed by atoms with Crippen LogP contribution in [-0.2, 0) is 6.61 Å². The Balaban J connectivity index is 2.13. The first-order valence-electron chi connectivity index (χ1n) is 5.93. The second-order valence-electron chi connectivity index (χ2n) is 4.44. The lowest BCUT2D eigenvalue weighted by atomic mass is 10.1. The fourth-order valence-corrected chi connectivity index (χ4v) is 2.02. The lowest BCUT2D eigenvalue weighted by Crippen LogP contribution is -1.99. The summed E-state index contributed by atoms with van der Waals surface area (Å²) in [5.74, 6) is 0.631. The first-order chi connectivity index (χ1) is 8.69. The van der Waals surface area contributed by atoms with E-state index in [9.17, 15) is 4.79 Å². The Bertz CT molecular complexity index is 539. The summed E-state index contributed by atoms with van der Waals surface area (Å²) < 4.78 is 5.69. The zero-order chi connectivity index (χ0) is 13.0. The largest absolute Gasteiger partial charge is 0.488 e. The normalized spacial score (nSPS) is 10.1. The molecule has 0 N–H and O–H groups in total. The molecule has 0 bridgehead atoms. The van der Waals surface area contributed by atoms with Crippen LogP contribution in [0.5, 0.6) is 5.75 Å². The zero-order valence-corrected chi connectivity index (χ0v) is 10.6. The van der Waals surface area contributed by atoms with Crippen LogP contribution in [0.25, 0.3) is 0 Å². The lowest BCUT2D eigenvalue weighted by molar-refractivity contribution is 0.111. The van der Waals surface area contributed by atoms with E-state index in [0.717, 1.165) is 11.8 Å². The summed E-state index contributed by atoms with van der Waals surface area (Å²) in [5.41, 5.74) is 4.14. The summed E-state index contributed by atoms with van der Waals surface area (Å²) in [7, 11) is 0. The van der Waals surface area contributed by atoms with Crippen LogP contribution >= 0.6 is 0 Å². The van der Waals surface area contributed by atoms with E-state index < -0.39 is 0 Å². The SMILES string of the molecule is Cc1cc(C)cc(COc2ccccc2C=O)c1. The van der Waals surface area contributed by atoms with Gasteiger partial charge in [-0.1, -0.05) is 41.5 Å². The fraction of sp³-hybridized carbons (Fsp3) is 0.188. The maximum Gasteiger partial charge on any atom is 0.153 e. The van der Waals surface area contributed by atoms with Crippen LogP contribution in [0.2, 0.25) is 0 Å². The van der Waals surface area contributed by atoms with Crippen molar-refractivity contribution >= 4 is 6.29 Å².